The molecule has 3 unspecified atom stereocenters. The van der Waals surface area contributed by atoms with Crippen LogP contribution in [0.2, 0.25) is 0 Å². The van der Waals surface area contributed by atoms with Gasteiger partial charge in [-0.2, -0.15) is 0 Å². The van der Waals surface area contributed by atoms with Crippen LogP contribution < -0.4 is 36.0 Å². The normalized spacial score (nSPS) is 20.6. The minimum Gasteiger partial charge on any atom is -0.507 e. The number of hydrogen-bond donors (Lipinski definition) is 4. The van der Waals surface area contributed by atoms with Gasteiger partial charge in [-0.3, -0.25) is 15.6 Å². The molecule has 3 atom stereocenters. The molecule has 1 fully saturated rings. The molecule has 186 valence electrons. The largest absolute Gasteiger partial charge is 0.507 e. The molecule has 1 aliphatic heterocycles. The van der Waals surface area contributed by atoms with Gasteiger partial charge in [-0.1, -0.05) is 6.07 Å². The summed E-state index contributed by atoms with van der Waals surface area (Å²) in [5.41, 5.74) is 6.05. The number of ether oxygens (including phenoxy) is 3. The topological polar surface area (TPSA) is 131 Å². The highest BCUT2D eigenvalue weighted by molar-refractivity contribution is 5.78. The smallest absolute Gasteiger partial charge is 0.343 e. The Hall–Kier alpha value is -3.24. The molecule has 10 nitrogen and oxygen atoms in total. The van der Waals surface area contributed by atoms with Gasteiger partial charge in [0.2, 0.25) is 11.7 Å². The van der Waals surface area contributed by atoms with Crippen molar-refractivity contribution in [2.45, 2.75) is 45.2 Å². The zero-order chi connectivity index (χ0) is 25.0. The fourth-order valence-corrected chi connectivity index (χ4v) is 4.45. The van der Waals surface area contributed by atoms with Crippen molar-refractivity contribution in [1.29, 1.82) is 0 Å². The highest BCUT2D eigenvalue weighted by Crippen LogP contribution is 2.45. The number of amides is 1. The van der Waals surface area contributed by atoms with Crippen molar-refractivity contribution in [3.63, 3.8) is 0 Å². The second-order valence-corrected chi connectivity index (χ2v) is 8.46. The standard InChI is InChI=1S/C24H33N3O7/c1-12-9-18(28)21(24(30)34-12)16(10-20(29)25-11-17-13(2)26-27-14(17)3)15-7-8-19(31-4)23(33-6)22(15)32-5/h7-9,13-14,16-17,26-28H,10-11H2,1-6H3,(H,25,29). The lowest BCUT2D eigenvalue weighted by Crippen LogP contribution is -2.37. The number of methoxy groups -OCH3 is 3. The number of hydrazine groups is 1. The molecule has 10 heteroatoms. The molecule has 4 N–H and O–H groups in total. The number of benzene rings is 1. The number of carbonyl (C=O) groups is 1. The Morgan fingerprint density at radius 2 is 1.76 bits per heavy atom. The Morgan fingerprint density at radius 1 is 1.12 bits per heavy atom. The van der Waals surface area contributed by atoms with Gasteiger partial charge in [0.25, 0.3) is 0 Å². The fraction of sp³-hybridized carbons (Fsp3) is 0.500. The Bertz CT molecular complexity index is 1070. The molecule has 2 heterocycles. The monoisotopic (exact) mass is 475 g/mol. The van der Waals surface area contributed by atoms with Gasteiger partial charge >= 0.3 is 5.63 Å². The van der Waals surface area contributed by atoms with E-state index in [0.717, 1.165) is 0 Å². The van der Waals surface area contributed by atoms with E-state index in [1.165, 1.54) is 27.4 Å². The zero-order valence-electron chi connectivity index (χ0n) is 20.4. The summed E-state index contributed by atoms with van der Waals surface area (Å²) in [6.45, 7) is 6.10. The minimum absolute atomic E-state index is 0.0304. The Balaban J connectivity index is 2.01. The number of hydrogen-bond acceptors (Lipinski definition) is 9. The number of rotatable bonds is 9. The Labute approximate surface area is 198 Å². The lowest BCUT2D eigenvalue weighted by Gasteiger charge is -2.23. The molecule has 0 spiro atoms. The number of carbonyl (C=O) groups excluding carboxylic acids is 1. The van der Waals surface area contributed by atoms with Crippen molar-refractivity contribution >= 4 is 5.91 Å². The van der Waals surface area contributed by atoms with Crippen molar-refractivity contribution < 1.29 is 28.5 Å². The van der Waals surface area contributed by atoms with Gasteiger partial charge in [-0.25, -0.2) is 4.79 Å². The van der Waals surface area contributed by atoms with Crippen molar-refractivity contribution in [2.75, 3.05) is 27.9 Å². The maximum absolute atomic E-state index is 13.1. The van der Waals surface area contributed by atoms with E-state index >= 15 is 0 Å². The van der Waals surface area contributed by atoms with Crippen LogP contribution in [0, 0.1) is 12.8 Å². The first-order valence-corrected chi connectivity index (χ1v) is 11.1. The van der Waals surface area contributed by atoms with E-state index in [0.29, 0.717) is 29.4 Å². The molecule has 1 saturated heterocycles. The fourth-order valence-electron chi connectivity index (χ4n) is 4.45. The molecule has 1 aromatic carbocycles. The Morgan fingerprint density at radius 3 is 2.32 bits per heavy atom. The molecule has 2 aromatic rings. The van der Waals surface area contributed by atoms with Crippen LogP contribution in [0.15, 0.2) is 27.4 Å². The second-order valence-electron chi connectivity index (χ2n) is 8.46. The second kappa shape index (κ2) is 10.8. The lowest BCUT2D eigenvalue weighted by atomic mass is 9.87. The molecule has 34 heavy (non-hydrogen) atoms. The van der Waals surface area contributed by atoms with Crippen molar-refractivity contribution in [2.24, 2.45) is 5.92 Å². The van der Waals surface area contributed by atoms with Crippen molar-refractivity contribution in [1.82, 2.24) is 16.2 Å². The van der Waals surface area contributed by atoms with E-state index in [9.17, 15) is 14.7 Å². The molecular formula is C24H33N3O7. The van der Waals surface area contributed by atoms with Gasteiger partial charge in [-0.05, 0) is 26.8 Å². The summed E-state index contributed by atoms with van der Waals surface area (Å²) in [4.78, 5) is 25.9. The summed E-state index contributed by atoms with van der Waals surface area (Å²) in [5, 5.41) is 13.6. The molecule has 1 aliphatic rings. The molecular weight excluding hydrogens is 442 g/mol. The van der Waals surface area contributed by atoms with Gasteiger partial charge in [0, 0.05) is 48.5 Å². The van der Waals surface area contributed by atoms with Crippen molar-refractivity contribution in [3.8, 4) is 23.0 Å². The number of nitrogens with one attached hydrogen (secondary N) is 3. The maximum Gasteiger partial charge on any atom is 0.343 e. The van der Waals surface area contributed by atoms with Gasteiger partial charge in [0.15, 0.2) is 11.5 Å². The first kappa shape index (κ1) is 25.4. The van der Waals surface area contributed by atoms with Gasteiger partial charge in [0.1, 0.15) is 11.5 Å². The highest BCUT2D eigenvalue weighted by atomic mass is 16.5. The first-order chi connectivity index (χ1) is 16.2. The summed E-state index contributed by atoms with van der Waals surface area (Å²) in [7, 11) is 4.42. The van der Waals surface area contributed by atoms with Crippen LogP contribution in [0.3, 0.4) is 0 Å². The summed E-state index contributed by atoms with van der Waals surface area (Å²) >= 11 is 0. The van der Waals surface area contributed by atoms with E-state index < -0.39 is 11.5 Å². The SMILES string of the molecule is COc1ccc(C(CC(=O)NCC2C(C)NNC2C)c2c(O)cc(C)oc2=O)c(OC)c1OC. The van der Waals surface area contributed by atoms with Gasteiger partial charge in [0.05, 0.1) is 26.9 Å². The average Bonchev–Trinajstić information content (AvgIpc) is 3.12. The third-order valence-corrected chi connectivity index (χ3v) is 6.30. The van der Waals surface area contributed by atoms with Crippen LogP contribution >= 0.6 is 0 Å². The zero-order valence-corrected chi connectivity index (χ0v) is 20.4. The third kappa shape index (κ3) is 5.13. The molecule has 0 saturated carbocycles. The van der Waals surface area contributed by atoms with E-state index in [2.05, 4.69) is 16.2 Å². The van der Waals surface area contributed by atoms with E-state index in [-0.39, 0.29) is 47.4 Å². The molecule has 1 aromatic heterocycles. The van der Waals surface area contributed by atoms with Crippen LogP contribution in [0.1, 0.15) is 43.1 Å². The molecule has 1 amide bonds. The molecule has 0 radical (unpaired) electrons. The Kier molecular flexibility index (Phi) is 8.06. The predicted octanol–water partition coefficient (Wildman–Crippen LogP) is 1.82. The molecule has 0 bridgehead atoms. The summed E-state index contributed by atoms with van der Waals surface area (Å²) < 4.78 is 21.7. The van der Waals surface area contributed by atoms with E-state index in [1.807, 2.05) is 13.8 Å². The van der Waals surface area contributed by atoms with Crippen LogP contribution in [-0.4, -0.2) is 51.0 Å². The van der Waals surface area contributed by atoms with Crippen LogP contribution in [-0.2, 0) is 4.79 Å². The number of aromatic hydroxyl groups is 1. The summed E-state index contributed by atoms with van der Waals surface area (Å²) in [5.74, 6) is 0.0909. The van der Waals surface area contributed by atoms with Crippen LogP contribution in [0.4, 0.5) is 0 Å². The van der Waals surface area contributed by atoms with Crippen molar-refractivity contribution in [3.05, 3.63) is 45.5 Å². The molecule has 0 aliphatic carbocycles. The first-order valence-electron chi connectivity index (χ1n) is 11.1. The summed E-state index contributed by atoms with van der Waals surface area (Å²) in [6.07, 6.45) is -0.121. The molecule has 3 rings (SSSR count). The van der Waals surface area contributed by atoms with E-state index in [1.54, 1.807) is 19.1 Å². The van der Waals surface area contributed by atoms with Gasteiger partial charge < -0.3 is 29.1 Å². The third-order valence-electron chi connectivity index (χ3n) is 6.30. The number of aryl methyl sites for hydroxylation is 1. The summed E-state index contributed by atoms with van der Waals surface area (Å²) in [6, 6.07) is 5.07. The van der Waals surface area contributed by atoms with Crippen LogP contribution in [0.25, 0.3) is 0 Å². The quantitative estimate of drug-likeness (QED) is 0.429. The van der Waals surface area contributed by atoms with E-state index in [4.69, 9.17) is 18.6 Å². The average molecular weight is 476 g/mol. The van der Waals surface area contributed by atoms with Gasteiger partial charge in [-0.15, -0.1) is 0 Å². The highest BCUT2D eigenvalue weighted by Gasteiger charge is 2.33. The predicted molar refractivity (Wildman–Crippen MR) is 126 cm³/mol. The lowest BCUT2D eigenvalue weighted by molar-refractivity contribution is -0.121. The maximum atomic E-state index is 13.1. The van der Waals surface area contributed by atoms with Crippen LogP contribution in [0.5, 0.6) is 23.0 Å². The minimum atomic E-state index is -0.860.